The van der Waals surface area contributed by atoms with E-state index in [1.807, 2.05) is 30.3 Å². The predicted octanol–water partition coefficient (Wildman–Crippen LogP) is 3.86. The van der Waals surface area contributed by atoms with Crippen molar-refractivity contribution >= 4 is 33.9 Å². The van der Waals surface area contributed by atoms with Crippen LogP contribution in [0, 0.1) is 0 Å². The Balaban J connectivity index is 2.34. The van der Waals surface area contributed by atoms with Crippen LogP contribution in [0.4, 0.5) is 5.82 Å². The topological polar surface area (TPSA) is 50.9 Å². The van der Waals surface area contributed by atoms with Crippen LogP contribution >= 0.6 is 12.2 Å². The monoisotopic (exact) mass is 287 g/mol. The molecule has 4 heteroatoms. The third-order valence-corrected chi connectivity index (χ3v) is 3.58. The summed E-state index contributed by atoms with van der Waals surface area (Å²) in [4.78, 5) is 5.05. The van der Waals surface area contributed by atoms with Crippen LogP contribution in [0.5, 0.6) is 0 Å². The first-order valence-electron chi connectivity index (χ1n) is 7.08. The van der Waals surface area contributed by atoms with Crippen molar-refractivity contribution in [3.8, 4) is 0 Å². The Hall–Kier alpha value is -1.68. The summed E-state index contributed by atoms with van der Waals surface area (Å²) < 4.78 is 0. The van der Waals surface area contributed by atoms with Gasteiger partial charge in [0.1, 0.15) is 10.8 Å². The quantitative estimate of drug-likeness (QED) is 0.792. The van der Waals surface area contributed by atoms with Crippen molar-refractivity contribution in [1.29, 1.82) is 0 Å². The molecule has 3 N–H and O–H groups in total. The number of anilines is 1. The molecule has 0 amide bonds. The van der Waals surface area contributed by atoms with E-state index in [0.29, 0.717) is 11.0 Å². The number of nitrogens with one attached hydrogen (secondary N) is 1. The van der Waals surface area contributed by atoms with E-state index in [9.17, 15) is 0 Å². The molecule has 0 saturated carbocycles. The lowest BCUT2D eigenvalue weighted by molar-refractivity contribution is 0.643. The van der Waals surface area contributed by atoms with Crippen LogP contribution in [-0.4, -0.2) is 16.0 Å². The van der Waals surface area contributed by atoms with E-state index in [1.54, 1.807) is 0 Å². The van der Waals surface area contributed by atoms with Gasteiger partial charge in [-0.15, -0.1) is 0 Å². The van der Waals surface area contributed by atoms with Gasteiger partial charge in [-0.3, -0.25) is 0 Å². The van der Waals surface area contributed by atoms with Crippen LogP contribution in [-0.2, 0) is 0 Å². The smallest absolute Gasteiger partial charge is 0.137 e. The highest BCUT2D eigenvalue weighted by atomic mass is 32.1. The summed E-state index contributed by atoms with van der Waals surface area (Å²) in [6, 6.07) is 10.4. The minimum Gasteiger partial charge on any atom is -0.389 e. The summed E-state index contributed by atoms with van der Waals surface area (Å²) >= 11 is 5.15. The molecule has 1 aromatic heterocycles. The second kappa shape index (κ2) is 6.66. The lowest BCUT2D eigenvalue weighted by Crippen LogP contribution is -2.20. The van der Waals surface area contributed by atoms with E-state index in [0.717, 1.165) is 28.7 Å². The summed E-state index contributed by atoms with van der Waals surface area (Å²) in [5.41, 5.74) is 7.61. The normalized spacial score (nSPS) is 12.3. The number of aromatic nitrogens is 1. The zero-order chi connectivity index (χ0) is 14.5. The highest BCUT2D eigenvalue weighted by Crippen LogP contribution is 2.21. The average Bonchev–Trinajstić information content (AvgIpc) is 2.44. The van der Waals surface area contributed by atoms with Crippen molar-refractivity contribution in [3.63, 3.8) is 0 Å². The summed E-state index contributed by atoms with van der Waals surface area (Å²) in [5, 5.41) is 4.50. The largest absolute Gasteiger partial charge is 0.389 e. The highest BCUT2D eigenvalue weighted by molar-refractivity contribution is 7.80. The molecule has 1 unspecified atom stereocenters. The molecule has 0 aliphatic carbocycles. The molecule has 0 aliphatic rings. The number of hydrogen-bond donors (Lipinski definition) is 2. The van der Waals surface area contributed by atoms with Gasteiger partial charge in [-0.05, 0) is 25.5 Å². The Morgan fingerprint density at radius 3 is 2.85 bits per heavy atom. The second-order valence-electron chi connectivity index (χ2n) is 5.13. The van der Waals surface area contributed by atoms with E-state index in [-0.39, 0.29) is 0 Å². The van der Waals surface area contributed by atoms with Crippen LogP contribution in [0.1, 0.15) is 38.7 Å². The number of rotatable bonds is 6. The van der Waals surface area contributed by atoms with Gasteiger partial charge in [0.2, 0.25) is 0 Å². The van der Waals surface area contributed by atoms with Crippen molar-refractivity contribution in [3.05, 3.63) is 35.9 Å². The highest BCUT2D eigenvalue weighted by Gasteiger charge is 2.11. The lowest BCUT2D eigenvalue weighted by Gasteiger charge is -2.17. The van der Waals surface area contributed by atoms with Crippen molar-refractivity contribution in [2.75, 3.05) is 5.32 Å². The number of para-hydroxylation sites is 1. The third-order valence-electron chi connectivity index (χ3n) is 3.36. The van der Waals surface area contributed by atoms with Crippen LogP contribution in [0.15, 0.2) is 30.3 Å². The molecule has 0 radical (unpaired) electrons. The van der Waals surface area contributed by atoms with E-state index in [4.69, 9.17) is 18.0 Å². The first-order chi connectivity index (χ1) is 9.61. The number of benzene rings is 1. The fraction of sp³-hybridized carbons (Fsp3) is 0.375. The van der Waals surface area contributed by atoms with Gasteiger partial charge >= 0.3 is 0 Å². The maximum absolute atomic E-state index is 5.83. The Morgan fingerprint density at radius 1 is 1.40 bits per heavy atom. The van der Waals surface area contributed by atoms with Crippen LogP contribution in [0.2, 0.25) is 0 Å². The zero-order valence-electron chi connectivity index (χ0n) is 12.0. The molecule has 1 heterocycles. The maximum Gasteiger partial charge on any atom is 0.137 e. The molecular weight excluding hydrogens is 266 g/mol. The number of unbranched alkanes of at least 4 members (excludes halogenated alkanes) is 1. The summed E-state index contributed by atoms with van der Waals surface area (Å²) in [6.45, 7) is 4.36. The maximum atomic E-state index is 5.83. The van der Waals surface area contributed by atoms with E-state index < -0.39 is 0 Å². The Bertz CT molecular complexity index is 610. The van der Waals surface area contributed by atoms with Gasteiger partial charge in [-0.25, -0.2) is 4.98 Å². The average molecular weight is 287 g/mol. The molecule has 3 nitrogen and oxygen atoms in total. The van der Waals surface area contributed by atoms with Gasteiger partial charge < -0.3 is 11.1 Å². The zero-order valence-corrected chi connectivity index (χ0v) is 12.8. The second-order valence-corrected chi connectivity index (χ2v) is 5.57. The fourth-order valence-electron chi connectivity index (χ4n) is 2.23. The standard InChI is InChI=1S/C16H21N3S/c1-3-4-7-11(2)18-16-13(15(17)20)10-12-8-5-6-9-14(12)19-16/h5-6,8-11H,3-4,7H2,1-2H3,(H2,17,20)(H,18,19). The SMILES string of the molecule is CCCCC(C)Nc1nc2ccccc2cc1C(N)=S. The summed E-state index contributed by atoms with van der Waals surface area (Å²) in [7, 11) is 0. The van der Waals surface area contributed by atoms with Crippen LogP contribution in [0.25, 0.3) is 10.9 Å². The van der Waals surface area contributed by atoms with E-state index in [1.165, 1.54) is 12.8 Å². The summed E-state index contributed by atoms with van der Waals surface area (Å²) in [5.74, 6) is 0.791. The molecule has 0 bridgehead atoms. The third kappa shape index (κ3) is 3.45. The molecule has 0 fully saturated rings. The van der Waals surface area contributed by atoms with Crippen molar-refractivity contribution < 1.29 is 0 Å². The summed E-state index contributed by atoms with van der Waals surface area (Å²) in [6.07, 6.45) is 3.51. The van der Waals surface area contributed by atoms with Gasteiger partial charge in [0.15, 0.2) is 0 Å². The minimum absolute atomic E-state index is 0.358. The Kier molecular flexibility index (Phi) is 4.90. The van der Waals surface area contributed by atoms with Gasteiger partial charge in [0.05, 0.1) is 11.1 Å². The number of nitrogens with two attached hydrogens (primary N) is 1. The van der Waals surface area contributed by atoms with Gasteiger partial charge in [0, 0.05) is 11.4 Å². The molecule has 2 aromatic rings. The molecule has 0 aliphatic heterocycles. The van der Waals surface area contributed by atoms with Gasteiger partial charge in [-0.1, -0.05) is 50.2 Å². The van der Waals surface area contributed by atoms with E-state index >= 15 is 0 Å². The molecular formula is C16H21N3S. The Labute approximate surface area is 125 Å². The molecule has 1 atom stereocenters. The van der Waals surface area contributed by atoms with Gasteiger partial charge in [0.25, 0.3) is 0 Å². The molecule has 106 valence electrons. The number of thiocarbonyl (C=S) groups is 1. The van der Waals surface area contributed by atoms with Crippen molar-refractivity contribution in [2.24, 2.45) is 5.73 Å². The molecule has 1 aromatic carbocycles. The minimum atomic E-state index is 0.358. The van der Waals surface area contributed by atoms with E-state index in [2.05, 4.69) is 24.1 Å². The number of nitrogens with zero attached hydrogens (tertiary/aromatic N) is 1. The molecule has 0 saturated heterocycles. The van der Waals surface area contributed by atoms with Crippen LogP contribution in [0.3, 0.4) is 0 Å². The predicted molar refractivity (Wildman–Crippen MR) is 90.2 cm³/mol. The fourth-order valence-corrected chi connectivity index (χ4v) is 2.39. The first-order valence-corrected chi connectivity index (χ1v) is 7.48. The van der Waals surface area contributed by atoms with Gasteiger partial charge in [-0.2, -0.15) is 0 Å². The number of hydrogen-bond acceptors (Lipinski definition) is 3. The van der Waals surface area contributed by atoms with Crippen LogP contribution < -0.4 is 11.1 Å². The molecule has 20 heavy (non-hydrogen) atoms. The van der Waals surface area contributed by atoms with Crippen molar-refractivity contribution in [1.82, 2.24) is 4.98 Å². The lowest BCUT2D eigenvalue weighted by atomic mass is 10.1. The number of fused-ring (bicyclic) bond motifs is 1. The molecule has 0 spiro atoms. The van der Waals surface area contributed by atoms with Crippen molar-refractivity contribution in [2.45, 2.75) is 39.2 Å². The molecule has 2 rings (SSSR count). The number of pyridine rings is 1. The Morgan fingerprint density at radius 2 is 2.15 bits per heavy atom. The first kappa shape index (κ1) is 14.7.